The van der Waals surface area contributed by atoms with E-state index < -0.39 is 12.3 Å². The number of halogens is 4. The maximum Gasteiger partial charge on any atom is 0.573 e. The minimum atomic E-state index is -4.78. The summed E-state index contributed by atoms with van der Waals surface area (Å²) in [5, 5.41) is 6.32. The Labute approximate surface area is 189 Å². The molecule has 0 aliphatic heterocycles. The van der Waals surface area contributed by atoms with Crippen LogP contribution in [0.1, 0.15) is 33.3 Å². The fraction of sp³-hybridized carbons (Fsp3) is 0.190. The summed E-state index contributed by atoms with van der Waals surface area (Å²) in [6.07, 6.45) is -3.59. The van der Waals surface area contributed by atoms with Crippen molar-refractivity contribution in [1.82, 2.24) is 4.98 Å². The molecule has 0 radical (unpaired) electrons. The van der Waals surface area contributed by atoms with Gasteiger partial charge in [0.2, 0.25) is 5.91 Å². The van der Waals surface area contributed by atoms with Gasteiger partial charge >= 0.3 is 6.36 Å². The molecular weight excluding hydrogens is 467 g/mol. The number of fused-ring (bicyclic) bond motifs is 1. The van der Waals surface area contributed by atoms with E-state index in [1.54, 1.807) is 24.3 Å². The average molecular weight is 482 g/mol. The van der Waals surface area contributed by atoms with E-state index in [1.807, 2.05) is 0 Å². The molecule has 11 heteroatoms. The second-order valence-electron chi connectivity index (χ2n) is 6.94. The van der Waals surface area contributed by atoms with Crippen molar-refractivity contribution in [1.29, 1.82) is 0 Å². The highest BCUT2D eigenvalue weighted by Crippen LogP contribution is 2.39. The lowest BCUT2D eigenvalue weighted by Crippen LogP contribution is -2.20. The van der Waals surface area contributed by atoms with Crippen LogP contribution in [0.4, 0.5) is 24.0 Å². The molecule has 2 aromatic carbocycles. The Balaban J connectivity index is 1.40. The smallest absolute Gasteiger partial charge is 0.406 e. The molecule has 1 heterocycles. The zero-order chi connectivity index (χ0) is 22.9. The molecule has 3 aromatic rings. The van der Waals surface area contributed by atoms with E-state index in [9.17, 15) is 22.8 Å². The van der Waals surface area contributed by atoms with Crippen molar-refractivity contribution in [3.05, 3.63) is 69.7 Å². The molecule has 1 unspecified atom stereocenters. The Bertz CT molecular complexity index is 1150. The number of hydrogen-bond donors (Lipinski definition) is 2. The summed E-state index contributed by atoms with van der Waals surface area (Å²) in [6, 6.07) is 11.3. The predicted molar refractivity (Wildman–Crippen MR) is 114 cm³/mol. The lowest BCUT2D eigenvalue weighted by molar-refractivity contribution is -0.274. The van der Waals surface area contributed by atoms with Gasteiger partial charge in [-0.25, -0.2) is 4.98 Å². The van der Waals surface area contributed by atoms with Crippen LogP contribution in [0, 0.1) is 0 Å². The van der Waals surface area contributed by atoms with Gasteiger partial charge in [-0.15, -0.1) is 24.5 Å². The van der Waals surface area contributed by atoms with E-state index in [0.29, 0.717) is 39.9 Å². The standard InChI is InChI=1S/C21H15ClF3N3O3S/c22-12-3-1-11(2-4-12)18(29)28-20-27-17-15(9-10-16(17)32-20)19(30)26-13-5-7-14(8-6-13)31-21(23,24)25/h1-8,15H,9-10H2,(H,26,30)(H,27,28,29). The van der Waals surface area contributed by atoms with Gasteiger partial charge in [0.05, 0.1) is 11.6 Å². The number of alkyl halides is 3. The van der Waals surface area contributed by atoms with E-state index in [-0.39, 0.29) is 17.6 Å². The molecule has 1 aliphatic carbocycles. The molecule has 2 amide bonds. The van der Waals surface area contributed by atoms with Crippen LogP contribution in [-0.4, -0.2) is 23.2 Å². The molecule has 0 saturated heterocycles. The van der Waals surface area contributed by atoms with Crippen LogP contribution in [-0.2, 0) is 11.2 Å². The summed E-state index contributed by atoms with van der Waals surface area (Å²) in [4.78, 5) is 30.4. The number of ether oxygens (including phenoxy) is 1. The van der Waals surface area contributed by atoms with Gasteiger partial charge in [-0.2, -0.15) is 0 Å². The highest BCUT2D eigenvalue weighted by molar-refractivity contribution is 7.16. The van der Waals surface area contributed by atoms with Crippen LogP contribution in [0.5, 0.6) is 5.75 Å². The second kappa shape index (κ2) is 8.79. The maximum absolute atomic E-state index is 12.7. The first-order valence-electron chi connectivity index (χ1n) is 9.41. The topological polar surface area (TPSA) is 80.3 Å². The zero-order valence-electron chi connectivity index (χ0n) is 16.2. The minimum absolute atomic E-state index is 0.325. The summed E-state index contributed by atoms with van der Waals surface area (Å²) in [7, 11) is 0. The zero-order valence-corrected chi connectivity index (χ0v) is 17.8. The van der Waals surface area contributed by atoms with Crippen LogP contribution < -0.4 is 15.4 Å². The molecule has 2 N–H and O–H groups in total. The summed E-state index contributed by atoms with van der Waals surface area (Å²) in [5.41, 5.74) is 1.36. The van der Waals surface area contributed by atoms with Gasteiger partial charge in [-0.1, -0.05) is 11.6 Å². The number of amides is 2. The molecule has 1 atom stereocenters. The Morgan fingerprint density at radius 3 is 2.41 bits per heavy atom. The monoisotopic (exact) mass is 481 g/mol. The van der Waals surface area contributed by atoms with Gasteiger partial charge in [-0.05, 0) is 61.4 Å². The van der Waals surface area contributed by atoms with Crippen molar-refractivity contribution in [2.24, 2.45) is 0 Å². The number of thiazole rings is 1. The van der Waals surface area contributed by atoms with Gasteiger partial charge in [-0.3, -0.25) is 14.9 Å². The Morgan fingerprint density at radius 2 is 1.75 bits per heavy atom. The fourth-order valence-electron chi connectivity index (χ4n) is 3.28. The maximum atomic E-state index is 12.7. The first-order valence-corrected chi connectivity index (χ1v) is 10.6. The molecule has 0 spiro atoms. The Kier molecular flexibility index (Phi) is 6.07. The summed E-state index contributed by atoms with van der Waals surface area (Å²) in [6.45, 7) is 0. The molecule has 166 valence electrons. The summed E-state index contributed by atoms with van der Waals surface area (Å²) < 4.78 is 40.6. The summed E-state index contributed by atoms with van der Waals surface area (Å²) >= 11 is 7.14. The van der Waals surface area contributed by atoms with E-state index in [1.165, 1.54) is 23.5 Å². The van der Waals surface area contributed by atoms with Crippen molar-refractivity contribution in [2.75, 3.05) is 10.6 Å². The summed E-state index contributed by atoms with van der Waals surface area (Å²) in [5.74, 6) is -1.56. The fourth-order valence-corrected chi connectivity index (χ4v) is 4.44. The first kappa shape index (κ1) is 22.1. The third-order valence-corrected chi connectivity index (χ3v) is 6.01. The van der Waals surface area contributed by atoms with Crippen LogP contribution in [0.15, 0.2) is 48.5 Å². The van der Waals surface area contributed by atoms with Crippen LogP contribution in [0.3, 0.4) is 0 Å². The molecule has 0 bridgehead atoms. The van der Waals surface area contributed by atoms with Crippen molar-refractivity contribution in [3.8, 4) is 5.75 Å². The quantitative estimate of drug-likeness (QED) is 0.496. The molecule has 1 aromatic heterocycles. The van der Waals surface area contributed by atoms with Crippen molar-refractivity contribution < 1.29 is 27.5 Å². The molecule has 0 fully saturated rings. The van der Waals surface area contributed by atoms with Gasteiger partial charge in [0.15, 0.2) is 5.13 Å². The number of aromatic nitrogens is 1. The van der Waals surface area contributed by atoms with E-state index >= 15 is 0 Å². The lowest BCUT2D eigenvalue weighted by Gasteiger charge is -2.12. The second-order valence-corrected chi connectivity index (χ2v) is 8.46. The highest BCUT2D eigenvalue weighted by atomic mass is 35.5. The molecule has 1 aliphatic rings. The first-order chi connectivity index (χ1) is 15.2. The molecular formula is C21H15ClF3N3O3S. The van der Waals surface area contributed by atoms with Gasteiger partial charge in [0.1, 0.15) is 5.75 Å². The normalized spacial score (nSPS) is 15.2. The van der Waals surface area contributed by atoms with Crippen LogP contribution in [0.2, 0.25) is 5.02 Å². The Morgan fingerprint density at radius 1 is 1.06 bits per heavy atom. The van der Waals surface area contributed by atoms with E-state index in [0.717, 1.165) is 17.0 Å². The van der Waals surface area contributed by atoms with Gasteiger partial charge in [0.25, 0.3) is 5.91 Å². The van der Waals surface area contributed by atoms with Crippen molar-refractivity contribution in [2.45, 2.75) is 25.1 Å². The van der Waals surface area contributed by atoms with Crippen LogP contribution >= 0.6 is 22.9 Å². The largest absolute Gasteiger partial charge is 0.573 e. The average Bonchev–Trinajstić information content (AvgIpc) is 3.29. The lowest BCUT2D eigenvalue weighted by atomic mass is 10.1. The number of carbonyl (C=O) groups excluding carboxylic acids is 2. The predicted octanol–water partition coefficient (Wildman–Crippen LogP) is 5.62. The number of benzene rings is 2. The number of carbonyl (C=O) groups is 2. The van der Waals surface area contributed by atoms with E-state index in [2.05, 4.69) is 20.4 Å². The number of nitrogens with one attached hydrogen (secondary N) is 2. The van der Waals surface area contributed by atoms with Gasteiger partial charge < -0.3 is 10.1 Å². The van der Waals surface area contributed by atoms with Gasteiger partial charge in [0, 0.05) is 21.2 Å². The minimum Gasteiger partial charge on any atom is -0.406 e. The van der Waals surface area contributed by atoms with Crippen molar-refractivity contribution in [3.63, 3.8) is 0 Å². The van der Waals surface area contributed by atoms with Crippen molar-refractivity contribution >= 4 is 45.6 Å². The Hall–Kier alpha value is -3.11. The number of hydrogen-bond acceptors (Lipinski definition) is 5. The molecule has 6 nitrogen and oxygen atoms in total. The van der Waals surface area contributed by atoms with E-state index in [4.69, 9.17) is 11.6 Å². The number of rotatable bonds is 5. The molecule has 4 rings (SSSR count). The number of aryl methyl sites for hydroxylation is 1. The molecule has 32 heavy (non-hydrogen) atoms. The molecule has 0 saturated carbocycles. The number of nitrogens with zero attached hydrogens (tertiary/aromatic N) is 1. The van der Waals surface area contributed by atoms with Crippen LogP contribution in [0.25, 0.3) is 0 Å². The SMILES string of the molecule is O=C(Nc1nc2c(s1)CCC2C(=O)Nc1ccc(OC(F)(F)F)cc1)c1ccc(Cl)cc1. The third-order valence-electron chi connectivity index (χ3n) is 4.72. The number of anilines is 2. The highest BCUT2D eigenvalue weighted by Gasteiger charge is 2.33. The third kappa shape index (κ3) is 5.20.